The van der Waals surface area contributed by atoms with Gasteiger partial charge >= 0.3 is 0 Å². The number of para-hydroxylation sites is 1. The van der Waals surface area contributed by atoms with E-state index in [9.17, 15) is 9.90 Å². The monoisotopic (exact) mass is 467 g/mol. The maximum absolute atomic E-state index is 12.3. The van der Waals surface area contributed by atoms with Crippen molar-refractivity contribution in [3.05, 3.63) is 93.9 Å². The lowest BCUT2D eigenvalue weighted by atomic mass is 10.1. The van der Waals surface area contributed by atoms with Crippen molar-refractivity contribution < 1.29 is 14.6 Å². The van der Waals surface area contributed by atoms with Crippen LogP contribution in [0, 0.1) is 0 Å². The normalized spacial score (nSPS) is 10.7. The Morgan fingerprint density at radius 1 is 0.931 bits per heavy atom. The van der Waals surface area contributed by atoms with E-state index in [4.69, 9.17) is 16.3 Å². The number of hydrogen-bond donors (Lipinski definition) is 2. The van der Waals surface area contributed by atoms with Crippen molar-refractivity contribution in [2.45, 2.75) is 0 Å². The molecular formula is C23H15BrClNO3. The third-order valence-electron chi connectivity index (χ3n) is 4.39. The summed E-state index contributed by atoms with van der Waals surface area (Å²) in [6.45, 7) is 0. The number of aromatic hydroxyl groups is 1. The average molecular weight is 469 g/mol. The SMILES string of the molecule is O=C(Nc1ccc(Oc2ccc3ccccc3c2Br)c(Cl)c1)c1ccccc1O. The fraction of sp³-hybridized carbons (Fsp3) is 0. The second kappa shape index (κ2) is 8.15. The summed E-state index contributed by atoms with van der Waals surface area (Å²) in [4.78, 5) is 12.3. The number of benzene rings is 4. The lowest BCUT2D eigenvalue weighted by Gasteiger charge is -2.13. The third kappa shape index (κ3) is 4.06. The molecule has 29 heavy (non-hydrogen) atoms. The first kappa shape index (κ1) is 19.3. The molecule has 144 valence electrons. The lowest BCUT2D eigenvalue weighted by Crippen LogP contribution is -2.11. The molecule has 4 rings (SSSR count). The van der Waals surface area contributed by atoms with Gasteiger partial charge in [-0.05, 0) is 63.1 Å². The Bertz CT molecular complexity index is 1230. The van der Waals surface area contributed by atoms with E-state index in [-0.39, 0.29) is 11.3 Å². The van der Waals surface area contributed by atoms with Gasteiger partial charge in [0.15, 0.2) is 0 Å². The van der Waals surface area contributed by atoms with Crippen LogP contribution in [0.2, 0.25) is 5.02 Å². The van der Waals surface area contributed by atoms with Gasteiger partial charge in [0.05, 0.1) is 15.1 Å². The minimum Gasteiger partial charge on any atom is -0.507 e. The zero-order valence-corrected chi connectivity index (χ0v) is 17.4. The van der Waals surface area contributed by atoms with Crippen molar-refractivity contribution in [1.82, 2.24) is 0 Å². The van der Waals surface area contributed by atoms with E-state index in [1.165, 1.54) is 6.07 Å². The Labute approximate surface area is 180 Å². The number of anilines is 1. The molecule has 4 aromatic rings. The summed E-state index contributed by atoms with van der Waals surface area (Å²) in [6.07, 6.45) is 0. The van der Waals surface area contributed by atoms with Crippen LogP contribution in [-0.4, -0.2) is 11.0 Å². The molecule has 4 aromatic carbocycles. The first-order chi connectivity index (χ1) is 14.0. The van der Waals surface area contributed by atoms with Gasteiger partial charge in [-0.2, -0.15) is 0 Å². The van der Waals surface area contributed by atoms with Crippen LogP contribution < -0.4 is 10.1 Å². The molecule has 0 aliphatic carbocycles. The predicted octanol–water partition coefficient (Wildman–Crippen LogP) is 7.01. The Hall–Kier alpha value is -3.02. The largest absolute Gasteiger partial charge is 0.507 e. The van der Waals surface area contributed by atoms with E-state index in [2.05, 4.69) is 21.2 Å². The van der Waals surface area contributed by atoms with Crippen LogP contribution in [0.25, 0.3) is 10.8 Å². The van der Waals surface area contributed by atoms with Gasteiger partial charge in [-0.25, -0.2) is 0 Å². The molecular weight excluding hydrogens is 454 g/mol. The molecule has 0 unspecified atom stereocenters. The number of fused-ring (bicyclic) bond motifs is 1. The van der Waals surface area contributed by atoms with E-state index >= 15 is 0 Å². The van der Waals surface area contributed by atoms with Crippen LogP contribution in [0.1, 0.15) is 10.4 Å². The van der Waals surface area contributed by atoms with Gasteiger partial charge in [0, 0.05) is 5.69 Å². The highest BCUT2D eigenvalue weighted by molar-refractivity contribution is 9.10. The van der Waals surface area contributed by atoms with Gasteiger partial charge in [-0.15, -0.1) is 0 Å². The zero-order valence-electron chi connectivity index (χ0n) is 15.0. The number of carbonyl (C=O) groups is 1. The Kier molecular flexibility index (Phi) is 5.43. The average Bonchev–Trinajstić information content (AvgIpc) is 2.72. The summed E-state index contributed by atoms with van der Waals surface area (Å²) in [5.74, 6) is 0.585. The van der Waals surface area contributed by atoms with Gasteiger partial charge in [-0.1, -0.05) is 54.1 Å². The standard InChI is InChI=1S/C23H15BrClNO3/c24-22-16-6-2-1-5-14(16)9-11-21(22)29-20-12-10-15(13-18(20)25)26-23(28)17-7-3-4-8-19(17)27/h1-13,27H,(H,26,28). The van der Waals surface area contributed by atoms with Crippen LogP contribution in [0.3, 0.4) is 0 Å². The molecule has 0 saturated carbocycles. The van der Waals surface area contributed by atoms with Crippen LogP contribution in [0.4, 0.5) is 5.69 Å². The number of ether oxygens (including phenoxy) is 1. The van der Waals surface area contributed by atoms with Crippen molar-refractivity contribution >= 4 is 49.9 Å². The van der Waals surface area contributed by atoms with Crippen molar-refractivity contribution in [2.24, 2.45) is 0 Å². The quantitative estimate of drug-likeness (QED) is 0.339. The summed E-state index contributed by atoms with van der Waals surface area (Å²) in [5, 5.41) is 15.0. The van der Waals surface area contributed by atoms with Crippen molar-refractivity contribution in [2.75, 3.05) is 5.32 Å². The second-order valence-electron chi connectivity index (χ2n) is 6.32. The Morgan fingerprint density at radius 3 is 2.45 bits per heavy atom. The zero-order chi connectivity index (χ0) is 20.4. The number of halogens is 2. The molecule has 0 atom stereocenters. The lowest BCUT2D eigenvalue weighted by molar-refractivity contribution is 0.102. The van der Waals surface area contributed by atoms with Crippen LogP contribution in [0.5, 0.6) is 17.2 Å². The van der Waals surface area contributed by atoms with Gasteiger partial charge in [-0.3, -0.25) is 4.79 Å². The van der Waals surface area contributed by atoms with Gasteiger partial charge in [0.2, 0.25) is 0 Å². The molecule has 0 saturated heterocycles. The van der Waals surface area contributed by atoms with Gasteiger partial charge < -0.3 is 15.2 Å². The first-order valence-electron chi connectivity index (χ1n) is 8.77. The highest BCUT2D eigenvalue weighted by atomic mass is 79.9. The number of nitrogens with one attached hydrogen (secondary N) is 1. The molecule has 0 heterocycles. The fourth-order valence-corrected chi connectivity index (χ4v) is 3.73. The van der Waals surface area contributed by atoms with Crippen molar-refractivity contribution in [1.29, 1.82) is 0 Å². The van der Waals surface area contributed by atoms with Crippen LogP contribution >= 0.6 is 27.5 Å². The molecule has 0 aromatic heterocycles. The maximum atomic E-state index is 12.3. The van der Waals surface area contributed by atoms with E-state index in [0.717, 1.165) is 15.2 Å². The van der Waals surface area contributed by atoms with Gasteiger partial charge in [0.25, 0.3) is 5.91 Å². The number of hydrogen-bond acceptors (Lipinski definition) is 3. The van der Waals surface area contributed by atoms with E-state index in [0.29, 0.717) is 22.2 Å². The molecule has 0 aliphatic rings. The Balaban J connectivity index is 1.56. The van der Waals surface area contributed by atoms with Crippen LogP contribution in [0.15, 0.2) is 83.3 Å². The molecule has 1 amide bonds. The molecule has 4 nitrogen and oxygen atoms in total. The number of phenolic OH excluding ortho intramolecular Hbond substituents is 1. The van der Waals surface area contributed by atoms with Crippen molar-refractivity contribution in [3.63, 3.8) is 0 Å². The predicted molar refractivity (Wildman–Crippen MR) is 119 cm³/mol. The van der Waals surface area contributed by atoms with Crippen molar-refractivity contribution in [3.8, 4) is 17.2 Å². The van der Waals surface area contributed by atoms with E-state index in [1.807, 2.05) is 36.4 Å². The number of carbonyl (C=O) groups excluding carboxylic acids is 1. The second-order valence-corrected chi connectivity index (χ2v) is 7.52. The first-order valence-corrected chi connectivity index (χ1v) is 9.94. The molecule has 0 radical (unpaired) electrons. The molecule has 0 fully saturated rings. The molecule has 2 N–H and O–H groups in total. The number of rotatable bonds is 4. The topological polar surface area (TPSA) is 58.6 Å². The minimum atomic E-state index is -0.426. The smallest absolute Gasteiger partial charge is 0.259 e. The molecule has 0 bridgehead atoms. The number of amides is 1. The summed E-state index contributed by atoms with van der Waals surface area (Å²) in [6, 6.07) is 23.1. The number of phenols is 1. The van der Waals surface area contributed by atoms with E-state index < -0.39 is 5.91 Å². The summed E-state index contributed by atoms with van der Waals surface area (Å²) >= 11 is 9.96. The third-order valence-corrected chi connectivity index (χ3v) is 5.50. The fourth-order valence-electron chi connectivity index (χ4n) is 2.94. The molecule has 0 aliphatic heterocycles. The molecule has 0 spiro atoms. The summed E-state index contributed by atoms with van der Waals surface area (Å²) in [7, 11) is 0. The summed E-state index contributed by atoms with van der Waals surface area (Å²) in [5.41, 5.74) is 0.678. The van der Waals surface area contributed by atoms with Gasteiger partial charge in [0.1, 0.15) is 17.2 Å². The minimum absolute atomic E-state index is 0.0859. The highest BCUT2D eigenvalue weighted by Crippen LogP contribution is 2.38. The Morgan fingerprint density at radius 2 is 1.66 bits per heavy atom. The van der Waals surface area contributed by atoms with Crippen LogP contribution in [-0.2, 0) is 0 Å². The molecule has 6 heteroatoms. The summed E-state index contributed by atoms with van der Waals surface area (Å²) < 4.78 is 6.82. The highest BCUT2D eigenvalue weighted by Gasteiger charge is 2.13. The maximum Gasteiger partial charge on any atom is 0.259 e. The van der Waals surface area contributed by atoms with E-state index in [1.54, 1.807) is 36.4 Å².